The van der Waals surface area contributed by atoms with Gasteiger partial charge in [-0.2, -0.15) is 5.10 Å². The first-order valence-corrected chi connectivity index (χ1v) is 5.42. The first kappa shape index (κ1) is 11.3. The Kier molecular flexibility index (Phi) is 3.49. The highest BCUT2D eigenvalue weighted by atomic mass is 16.2. The normalized spacial score (nSPS) is 10.2. The van der Waals surface area contributed by atoms with Crippen LogP contribution in [0.1, 0.15) is 16.1 Å². The number of hydrogen-bond acceptors (Lipinski definition) is 3. The molecule has 5 heteroatoms. The van der Waals surface area contributed by atoms with E-state index in [1.165, 1.54) is 0 Å². The molecule has 5 nitrogen and oxygen atoms in total. The number of carbonyl (C=O) groups excluding carboxylic acids is 1. The van der Waals surface area contributed by atoms with Gasteiger partial charge >= 0.3 is 0 Å². The van der Waals surface area contributed by atoms with Crippen LogP contribution in [-0.4, -0.2) is 27.2 Å². The molecule has 0 radical (unpaired) electrons. The lowest BCUT2D eigenvalue weighted by atomic mass is 10.2. The van der Waals surface area contributed by atoms with E-state index in [9.17, 15) is 4.79 Å². The van der Waals surface area contributed by atoms with Crippen LogP contribution in [0.3, 0.4) is 0 Å². The molecule has 17 heavy (non-hydrogen) atoms. The summed E-state index contributed by atoms with van der Waals surface area (Å²) in [5, 5.41) is 6.81. The second kappa shape index (κ2) is 5.25. The van der Waals surface area contributed by atoms with Gasteiger partial charge in [-0.05, 0) is 30.2 Å². The van der Waals surface area contributed by atoms with E-state index >= 15 is 0 Å². The van der Waals surface area contributed by atoms with Gasteiger partial charge in [-0.25, -0.2) is 0 Å². The van der Waals surface area contributed by atoms with Crippen LogP contribution in [0.2, 0.25) is 0 Å². The first-order chi connectivity index (χ1) is 8.27. The zero-order chi connectivity index (χ0) is 12.1. The number of aryl methyl sites for hydroxylation is 1. The highest BCUT2D eigenvalue weighted by molar-refractivity contribution is 5.92. The third-order valence-electron chi connectivity index (χ3n) is 2.50. The van der Waals surface area contributed by atoms with Crippen molar-refractivity contribution in [3.63, 3.8) is 0 Å². The predicted molar refractivity (Wildman–Crippen MR) is 63.5 cm³/mol. The fourth-order valence-corrected chi connectivity index (χ4v) is 1.56. The van der Waals surface area contributed by atoms with E-state index in [0.29, 0.717) is 12.2 Å². The Morgan fingerprint density at radius 2 is 2.06 bits per heavy atom. The molecule has 0 saturated heterocycles. The average Bonchev–Trinajstić information content (AvgIpc) is 2.77. The molecular formula is C12H14N4O. The van der Waals surface area contributed by atoms with Crippen LogP contribution in [0.25, 0.3) is 0 Å². The van der Waals surface area contributed by atoms with Gasteiger partial charge < -0.3 is 5.32 Å². The van der Waals surface area contributed by atoms with Crippen molar-refractivity contribution in [1.29, 1.82) is 0 Å². The molecule has 1 N–H and O–H groups in total. The monoisotopic (exact) mass is 230 g/mol. The van der Waals surface area contributed by atoms with Crippen molar-refractivity contribution in [2.45, 2.75) is 6.42 Å². The fourth-order valence-electron chi connectivity index (χ4n) is 1.56. The summed E-state index contributed by atoms with van der Waals surface area (Å²) in [5.41, 5.74) is 1.73. The van der Waals surface area contributed by atoms with Crippen molar-refractivity contribution in [2.24, 2.45) is 7.05 Å². The van der Waals surface area contributed by atoms with Crippen LogP contribution >= 0.6 is 0 Å². The second-order valence-corrected chi connectivity index (χ2v) is 3.70. The molecule has 0 aliphatic heterocycles. The maximum Gasteiger partial charge on any atom is 0.269 e. The quantitative estimate of drug-likeness (QED) is 0.844. The Morgan fingerprint density at radius 1 is 1.29 bits per heavy atom. The molecule has 2 heterocycles. The number of nitrogens with one attached hydrogen (secondary N) is 1. The third-order valence-corrected chi connectivity index (χ3v) is 2.50. The maximum absolute atomic E-state index is 11.7. The van der Waals surface area contributed by atoms with E-state index in [2.05, 4.69) is 15.4 Å². The summed E-state index contributed by atoms with van der Waals surface area (Å²) in [5.74, 6) is -0.0981. The molecule has 2 rings (SSSR count). The number of aromatic nitrogens is 3. The Bertz CT molecular complexity index is 492. The minimum atomic E-state index is -0.0981. The molecule has 0 unspecified atom stereocenters. The van der Waals surface area contributed by atoms with E-state index < -0.39 is 0 Å². The lowest BCUT2D eigenvalue weighted by molar-refractivity contribution is 0.0945. The van der Waals surface area contributed by atoms with Gasteiger partial charge in [-0.15, -0.1) is 0 Å². The van der Waals surface area contributed by atoms with Gasteiger partial charge in [0, 0.05) is 32.2 Å². The number of hydrogen-bond donors (Lipinski definition) is 1. The van der Waals surface area contributed by atoms with E-state index in [4.69, 9.17) is 0 Å². The van der Waals surface area contributed by atoms with Crippen molar-refractivity contribution in [3.8, 4) is 0 Å². The van der Waals surface area contributed by atoms with Crippen LogP contribution in [-0.2, 0) is 13.5 Å². The number of amides is 1. The summed E-state index contributed by atoms with van der Waals surface area (Å²) < 4.78 is 1.56. The number of carbonyl (C=O) groups is 1. The molecule has 2 aromatic rings. The summed E-state index contributed by atoms with van der Waals surface area (Å²) in [4.78, 5) is 15.7. The average molecular weight is 230 g/mol. The van der Waals surface area contributed by atoms with E-state index in [0.717, 1.165) is 12.0 Å². The van der Waals surface area contributed by atoms with E-state index in [-0.39, 0.29) is 5.91 Å². The number of pyridine rings is 1. The summed E-state index contributed by atoms with van der Waals surface area (Å²) in [7, 11) is 1.75. The Hall–Kier alpha value is -2.17. The van der Waals surface area contributed by atoms with Gasteiger partial charge in [0.05, 0.1) is 0 Å². The van der Waals surface area contributed by atoms with Crippen LogP contribution in [0, 0.1) is 0 Å². The zero-order valence-electron chi connectivity index (χ0n) is 9.63. The lowest BCUT2D eigenvalue weighted by Crippen LogP contribution is -2.27. The van der Waals surface area contributed by atoms with Crippen LogP contribution in [0.15, 0.2) is 36.8 Å². The highest BCUT2D eigenvalue weighted by Gasteiger charge is 2.08. The van der Waals surface area contributed by atoms with Gasteiger partial charge in [0.25, 0.3) is 5.91 Å². The molecule has 0 aliphatic rings. The van der Waals surface area contributed by atoms with Crippen molar-refractivity contribution in [1.82, 2.24) is 20.1 Å². The van der Waals surface area contributed by atoms with E-state index in [1.54, 1.807) is 36.4 Å². The first-order valence-electron chi connectivity index (χ1n) is 5.42. The van der Waals surface area contributed by atoms with Crippen molar-refractivity contribution < 1.29 is 4.79 Å². The van der Waals surface area contributed by atoms with Crippen LogP contribution in [0.4, 0.5) is 0 Å². The molecule has 0 saturated carbocycles. The fraction of sp³-hybridized carbons (Fsp3) is 0.250. The summed E-state index contributed by atoms with van der Waals surface area (Å²) in [6, 6.07) is 5.58. The van der Waals surface area contributed by atoms with Gasteiger partial charge in [0.1, 0.15) is 5.69 Å². The van der Waals surface area contributed by atoms with Gasteiger partial charge in [0.15, 0.2) is 0 Å². The van der Waals surface area contributed by atoms with Gasteiger partial charge in [0.2, 0.25) is 0 Å². The smallest absolute Gasteiger partial charge is 0.269 e. The van der Waals surface area contributed by atoms with Gasteiger partial charge in [-0.3, -0.25) is 14.5 Å². The molecule has 88 valence electrons. The summed E-state index contributed by atoms with van der Waals surface area (Å²) >= 11 is 0. The van der Waals surface area contributed by atoms with Crippen molar-refractivity contribution in [3.05, 3.63) is 48.0 Å². The number of rotatable bonds is 4. The molecular weight excluding hydrogens is 216 g/mol. The standard InChI is InChI=1S/C12H14N4O/c1-16-11(5-9-15-16)12(17)14-8-4-10-2-6-13-7-3-10/h2-3,5-7,9H,4,8H2,1H3,(H,14,17). The predicted octanol–water partition coefficient (Wildman–Crippen LogP) is 0.788. The molecule has 0 aliphatic carbocycles. The Morgan fingerprint density at radius 3 is 2.71 bits per heavy atom. The third kappa shape index (κ3) is 2.90. The van der Waals surface area contributed by atoms with Crippen molar-refractivity contribution in [2.75, 3.05) is 6.54 Å². The molecule has 0 bridgehead atoms. The van der Waals surface area contributed by atoms with Gasteiger partial charge in [-0.1, -0.05) is 0 Å². The van der Waals surface area contributed by atoms with E-state index in [1.807, 2.05) is 12.1 Å². The number of nitrogens with zero attached hydrogens (tertiary/aromatic N) is 3. The minimum Gasteiger partial charge on any atom is -0.350 e. The highest BCUT2D eigenvalue weighted by Crippen LogP contribution is 1.98. The summed E-state index contributed by atoms with van der Waals surface area (Å²) in [6.07, 6.45) is 5.90. The largest absolute Gasteiger partial charge is 0.350 e. The second-order valence-electron chi connectivity index (χ2n) is 3.70. The Labute approximate surface area is 99.5 Å². The molecule has 0 spiro atoms. The topological polar surface area (TPSA) is 59.8 Å². The van der Waals surface area contributed by atoms with Crippen LogP contribution < -0.4 is 5.32 Å². The zero-order valence-corrected chi connectivity index (χ0v) is 9.63. The molecule has 2 aromatic heterocycles. The molecule has 0 atom stereocenters. The van der Waals surface area contributed by atoms with Crippen molar-refractivity contribution >= 4 is 5.91 Å². The maximum atomic E-state index is 11.7. The minimum absolute atomic E-state index is 0.0981. The molecule has 0 aromatic carbocycles. The van der Waals surface area contributed by atoms with Crippen LogP contribution in [0.5, 0.6) is 0 Å². The molecule has 1 amide bonds. The SMILES string of the molecule is Cn1nccc1C(=O)NCCc1ccncc1. The lowest BCUT2D eigenvalue weighted by Gasteiger charge is -2.05. The molecule has 0 fully saturated rings. The Balaban J connectivity index is 1.84. The summed E-state index contributed by atoms with van der Waals surface area (Å²) in [6.45, 7) is 0.605.